The third-order valence-electron chi connectivity index (χ3n) is 3.46. The normalized spacial score (nSPS) is 36.5. The SMILES string of the molecule is NCCC(=O)NC1CC2CCC1C2. The van der Waals surface area contributed by atoms with Gasteiger partial charge in [-0.25, -0.2) is 0 Å². The van der Waals surface area contributed by atoms with Gasteiger partial charge in [0, 0.05) is 19.0 Å². The molecular weight excluding hydrogens is 164 g/mol. The molecule has 3 unspecified atom stereocenters. The van der Waals surface area contributed by atoms with Crippen molar-refractivity contribution in [1.29, 1.82) is 0 Å². The Labute approximate surface area is 79.1 Å². The van der Waals surface area contributed by atoms with Gasteiger partial charge in [-0.05, 0) is 31.1 Å². The predicted molar refractivity (Wildman–Crippen MR) is 51.1 cm³/mol. The van der Waals surface area contributed by atoms with Gasteiger partial charge in [-0.3, -0.25) is 4.79 Å². The molecule has 2 saturated carbocycles. The fourth-order valence-corrected chi connectivity index (χ4v) is 2.83. The lowest BCUT2D eigenvalue weighted by Gasteiger charge is -2.22. The van der Waals surface area contributed by atoms with Crippen LogP contribution in [0.5, 0.6) is 0 Å². The average molecular weight is 182 g/mol. The zero-order valence-corrected chi connectivity index (χ0v) is 7.96. The first-order chi connectivity index (χ1) is 6.29. The van der Waals surface area contributed by atoms with Crippen LogP contribution in [0, 0.1) is 11.8 Å². The fraction of sp³-hybridized carbons (Fsp3) is 0.900. The summed E-state index contributed by atoms with van der Waals surface area (Å²) in [6.45, 7) is 0.465. The number of nitrogens with one attached hydrogen (secondary N) is 1. The molecule has 13 heavy (non-hydrogen) atoms. The van der Waals surface area contributed by atoms with Crippen molar-refractivity contribution < 1.29 is 4.79 Å². The van der Waals surface area contributed by atoms with Gasteiger partial charge in [0.1, 0.15) is 0 Å². The van der Waals surface area contributed by atoms with E-state index in [4.69, 9.17) is 5.73 Å². The van der Waals surface area contributed by atoms with Gasteiger partial charge in [0.15, 0.2) is 0 Å². The molecule has 0 radical (unpaired) electrons. The molecule has 74 valence electrons. The van der Waals surface area contributed by atoms with Crippen LogP contribution in [-0.4, -0.2) is 18.5 Å². The van der Waals surface area contributed by atoms with Gasteiger partial charge in [-0.1, -0.05) is 6.42 Å². The molecule has 0 spiro atoms. The lowest BCUT2D eigenvalue weighted by Crippen LogP contribution is -2.39. The van der Waals surface area contributed by atoms with E-state index in [1.165, 1.54) is 25.7 Å². The van der Waals surface area contributed by atoms with E-state index in [1.54, 1.807) is 0 Å². The maximum Gasteiger partial charge on any atom is 0.221 e. The molecule has 0 aromatic carbocycles. The highest BCUT2D eigenvalue weighted by Gasteiger charge is 2.39. The highest BCUT2D eigenvalue weighted by atomic mass is 16.1. The minimum atomic E-state index is 0.139. The lowest BCUT2D eigenvalue weighted by molar-refractivity contribution is -0.121. The van der Waals surface area contributed by atoms with Gasteiger partial charge < -0.3 is 11.1 Å². The van der Waals surface area contributed by atoms with Crippen LogP contribution in [-0.2, 0) is 4.79 Å². The number of hydrogen-bond acceptors (Lipinski definition) is 2. The summed E-state index contributed by atoms with van der Waals surface area (Å²) in [6.07, 6.45) is 5.73. The monoisotopic (exact) mass is 182 g/mol. The summed E-state index contributed by atoms with van der Waals surface area (Å²) in [7, 11) is 0. The number of carbonyl (C=O) groups is 1. The molecule has 2 bridgehead atoms. The van der Waals surface area contributed by atoms with E-state index in [2.05, 4.69) is 5.32 Å². The lowest BCUT2D eigenvalue weighted by atomic mass is 9.95. The summed E-state index contributed by atoms with van der Waals surface area (Å²) in [6, 6.07) is 0.470. The Bertz CT molecular complexity index is 205. The number of fused-ring (bicyclic) bond motifs is 2. The topological polar surface area (TPSA) is 55.1 Å². The number of carbonyl (C=O) groups excluding carboxylic acids is 1. The molecule has 2 rings (SSSR count). The maximum absolute atomic E-state index is 11.3. The van der Waals surface area contributed by atoms with E-state index < -0.39 is 0 Å². The smallest absolute Gasteiger partial charge is 0.221 e. The molecule has 3 heteroatoms. The van der Waals surface area contributed by atoms with E-state index in [0.717, 1.165) is 11.8 Å². The summed E-state index contributed by atoms with van der Waals surface area (Å²) in [4.78, 5) is 11.3. The van der Waals surface area contributed by atoms with Gasteiger partial charge in [-0.15, -0.1) is 0 Å². The van der Waals surface area contributed by atoms with Crippen molar-refractivity contribution in [2.45, 2.75) is 38.1 Å². The molecule has 3 atom stereocenters. The van der Waals surface area contributed by atoms with Crippen molar-refractivity contribution in [3.8, 4) is 0 Å². The highest BCUT2D eigenvalue weighted by Crippen LogP contribution is 2.44. The molecule has 0 heterocycles. The average Bonchev–Trinajstić information content (AvgIpc) is 2.65. The van der Waals surface area contributed by atoms with E-state index in [1.807, 2.05) is 0 Å². The maximum atomic E-state index is 11.3. The Morgan fingerprint density at radius 1 is 1.38 bits per heavy atom. The Hall–Kier alpha value is -0.570. The molecule has 0 saturated heterocycles. The number of hydrogen-bond donors (Lipinski definition) is 2. The molecular formula is C10H18N2O. The molecule has 0 aromatic rings. The third-order valence-corrected chi connectivity index (χ3v) is 3.46. The molecule has 2 aliphatic rings. The van der Waals surface area contributed by atoms with Crippen LogP contribution in [0.15, 0.2) is 0 Å². The quantitative estimate of drug-likeness (QED) is 0.673. The third kappa shape index (κ3) is 1.85. The standard InChI is InChI=1S/C10H18N2O/c11-4-3-10(13)12-9-6-7-1-2-8(9)5-7/h7-9H,1-6,11H2,(H,12,13). The van der Waals surface area contributed by atoms with Gasteiger partial charge in [0.2, 0.25) is 5.91 Å². The Balaban J connectivity index is 1.79. The second-order valence-corrected chi connectivity index (χ2v) is 4.39. The van der Waals surface area contributed by atoms with Gasteiger partial charge in [0.05, 0.1) is 0 Å². The summed E-state index contributed by atoms with van der Waals surface area (Å²) in [5.41, 5.74) is 5.32. The van der Waals surface area contributed by atoms with Crippen LogP contribution in [0.2, 0.25) is 0 Å². The van der Waals surface area contributed by atoms with Crippen LogP contribution in [0.3, 0.4) is 0 Å². The molecule has 3 nitrogen and oxygen atoms in total. The van der Waals surface area contributed by atoms with Crippen LogP contribution < -0.4 is 11.1 Å². The Kier molecular flexibility index (Phi) is 2.54. The van der Waals surface area contributed by atoms with E-state index in [-0.39, 0.29) is 5.91 Å². The first-order valence-electron chi connectivity index (χ1n) is 5.29. The largest absolute Gasteiger partial charge is 0.353 e. The second-order valence-electron chi connectivity index (χ2n) is 4.39. The Morgan fingerprint density at radius 3 is 2.77 bits per heavy atom. The first-order valence-corrected chi connectivity index (χ1v) is 5.29. The number of amides is 1. The number of rotatable bonds is 3. The summed E-state index contributed by atoms with van der Waals surface area (Å²) >= 11 is 0. The van der Waals surface area contributed by atoms with Crippen molar-refractivity contribution in [1.82, 2.24) is 5.32 Å². The molecule has 1 amide bonds. The van der Waals surface area contributed by atoms with Crippen molar-refractivity contribution in [3.05, 3.63) is 0 Å². The van der Waals surface area contributed by atoms with Gasteiger partial charge >= 0.3 is 0 Å². The van der Waals surface area contributed by atoms with Crippen molar-refractivity contribution in [3.63, 3.8) is 0 Å². The molecule has 2 fully saturated rings. The minimum absolute atomic E-state index is 0.139. The molecule has 3 N–H and O–H groups in total. The van der Waals surface area contributed by atoms with E-state index >= 15 is 0 Å². The minimum Gasteiger partial charge on any atom is -0.353 e. The fourth-order valence-electron chi connectivity index (χ4n) is 2.83. The molecule has 0 aromatic heterocycles. The zero-order valence-electron chi connectivity index (χ0n) is 7.96. The molecule has 2 aliphatic carbocycles. The van der Waals surface area contributed by atoms with Crippen LogP contribution in [0.4, 0.5) is 0 Å². The predicted octanol–water partition coefficient (Wildman–Crippen LogP) is 0.640. The van der Waals surface area contributed by atoms with E-state index in [0.29, 0.717) is 19.0 Å². The highest BCUT2D eigenvalue weighted by molar-refractivity contribution is 5.76. The summed E-state index contributed by atoms with van der Waals surface area (Å²) < 4.78 is 0. The second kappa shape index (κ2) is 3.66. The van der Waals surface area contributed by atoms with E-state index in [9.17, 15) is 4.79 Å². The van der Waals surface area contributed by atoms with Crippen LogP contribution >= 0.6 is 0 Å². The van der Waals surface area contributed by atoms with Crippen molar-refractivity contribution in [2.24, 2.45) is 17.6 Å². The first kappa shape index (κ1) is 9.00. The number of nitrogens with two attached hydrogens (primary N) is 1. The zero-order chi connectivity index (χ0) is 9.26. The van der Waals surface area contributed by atoms with Crippen LogP contribution in [0.25, 0.3) is 0 Å². The van der Waals surface area contributed by atoms with Crippen LogP contribution in [0.1, 0.15) is 32.1 Å². The van der Waals surface area contributed by atoms with Crippen molar-refractivity contribution >= 4 is 5.91 Å². The summed E-state index contributed by atoms with van der Waals surface area (Å²) in [5.74, 6) is 1.81. The van der Waals surface area contributed by atoms with Gasteiger partial charge in [0.25, 0.3) is 0 Å². The Morgan fingerprint density at radius 2 is 2.23 bits per heavy atom. The molecule has 0 aliphatic heterocycles. The summed E-state index contributed by atoms with van der Waals surface area (Å²) in [5, 5.41) is 3.09. The van der Waals surface area contributed by atoms with Crippen molar-refractivity contribution in [2.75, 3.05) is 6.54 Å². The van der Waals surface area contributed by atoms with Gasteiger partial charge in [-0.2, -0.15) is 0 Å².